The van der Waals surface area contributed by atoms with E-state index in [9.17, 15) is 9.59 Å². The SMILES string of the molecule is CCCNC(=O)Nc1cc(/C=C/C(=O)O)ccc1C. The number of aliphatic carboxylic acids is 1. The molecular formula is C14H18N2O3. The van der Waals surface area contributed by atoms with Crippen molar-refractivity contribution in [2.75, 3.05) is 11.9 Å². The van der Waals surface area contributed by atoms with Crippen molar-refractivity contribution in [3.05, 3.63) is 35.4 Å². The number of rotatable bonds is 5. The molecule has 1 aromatic rings. The van der Waals surface area contributed by atoms with Crippen molar-refractivity contribution in [2.45, 2.75) is 20.3 Å². The highest BCUT2D eigenvalue weighted by molar-refractivity contribution is 5.91. The first-order valence-electron chi connectivity index (χ1n) is 6.09. The lowest BCUT2D eigenvalue weighted by molar-refractivity contribution is -0.131. The first kappa shape index (κ1) is 14.8. The third-order valence-corrected chi connectivity index (χ3v) is 2.46. The normalized spacial score (nSPS) is 10.4. The maximum absolute atomic E-state index is 11.6. The standard InChI is InChI=1S/C14H18N2O3/c1-3-8-15-14(19)16-12-9-11(5-4-10(12)2)6-7-13(17)18/h4-7,9H,3,8H2,1-2H3,(H,17,18)(H2,15,16,19)/b7-6+. The molecule has 0 atom stereocenters. The summed E-state index contributed by atoms with van der Waals surface area (Å²) in [6, 6.07) is 5.10. The zero-order valence-electron chi connectivity index (χ0n) is 11.1. The maximum atomic E-state index is 11.6. The molecule has 102 valence electrons. The van der Waals surface area contributed by atoms with E-state index in [0.29, 0.717) is 12.2 Å². The van der Waals surface area contributed by atoms with Crippen molar-refractivity contribution in [3.63, 3.8) is 0 Å². The van der Waals surface area contributed by atoms with Crippen LogP contribution < -0.4 is 10.6 Å². The molecule has 0 unspecified atom stereocenters. The lowest BCUT2D eigenvalue weighted by Crippen LogP contribution is -2.29. The molecule has 0 saturated carbocycles. The van der Waals surface area contributed by atoms with Gasteiger partial charge in [0.1, 0.15) is 0 Å². The van der Waals surface area contributed by atoms with Gasteiger partial charge in [-0.25, -0.2) is 9.59 Å². The van der Waals surface area contributed by atoms with Crippen molar-refractivity contribution in [2.24, 2.45) is 0 Å². The van der Waals surface area contributed by atoms with Crippen LogP contribution in [0.3, 0.4) is 0 Å². The van der Waals surface area contributed by atoms with Gasteiger partial charge in [-0.3, -0.25) is 0 Å². The second kappa shape index (κ2) is 7.20. The Bertz CT molecular complexity index is 495. The minimum Gasteiger partial charge on any atom is -0.478 e. The van der Waals surface area contributed by atoms with E-state index >= 15 is 0 Å². The summed E-state index contributed by atoms with van der Waals surface area (Å²) in [5.74, 6) is -1.00. The molecule has 0 radical (unpaired) electrons. The van der Waals surface area contributed by atoms with Gasteiger partial charge in [-0.15, -0.1) is 0 Å². The van der Waals surface area contributed by atoms with Crippen LogP contribution in [-0.2, 0) is 4.79 Å². The van der Waals surface area contributed by atoms with Crippen LogP contribution in [0, 0.1) is 6.92 Å². The van der Waals surface area contributed by atoms with Gasteiger partial charge in [0.05, 0.1) is 0 Å². The fourth-order valence-corrected chi connectivity index (χ4v) is 1.45. The number of hydrogen-bond acceptors (Lipinski definition) is 2. The average molecular weight is 262 g/mol. The van der Waals surface area contributed by atoms with E-state index in [1.165, 1.54) is 6.08 Å². The Kier molecular flexibility index (Phi) is 5.60. The van der Waals surface area contributed by atoms with E-state index in [1.807, 2.05) is 19.9 Å². The number of carboxylic acids is 1. The molecule has 2 amide bonds. The van der Waals surface area contributed by atoms with Gasteiger partial charge >= 0.3 is 12.0 Å². The van der Waals surface area contributed by atoms with Gasteiger partial charge in [0.25, 0.3) is 0 Å². The first-order chi connectivity index (χ1) is 9.02. The Morgan fingerprint density at radius 1 is 1.37 bits per heavy atom. The highest BCUT2D eigenvalue weighted by Gasteiger charge is 2.04. The molecule has 0 spiro atoms. The topological polar surface area (TPSA) is 78.4 Å². The molecule has 5 nitrogen and oxygen atoms in total. The minimum absolute atomic E-state index is 0.260. The van der Waals surface area contributed by atoms with Gasteiger partial charge in [-0.1, -0.05) is 19.1 Å². The number of carbonyl (C=O) groups is 2. The van der Waals surface area contributed by atoms with Crippen LogP contribution in [0.5, 0.6) is 0 Å². The van der Waals surface area contributed by atoms with E-state index in [2.05, 4.69) is 10.6 Å². The average Bonchev–Trinajstić information content (AvgIpc) is 2.37. The first-order valence-corrected chi connectivity index (χ1v) is 6.09. The number of carboxylic acid groups (broad SMARTS) is 1. The largest absolute Gasteiger partial charge is 0.478 e. The second-order valence-corrected chi connectivity index (χ2v) is 4.13. The third-order valence-electron chi connectivity index (χ3n) is 2.46. The molecule has 1 aromatic carbocycles. The van der Waals surface area contributed by atoms with Crippen LogP contribution in [-0.4, -0.2) is 23.7 Å². The van der Waals surface area contributed by atoms with Crippen LogP contribution in [0.25, 0.3) is 6.08 Å². The van der Waals surface area contributed by atoms with E-state index in [4.69, 9.17) is 5.11 Å². The number of anilines is 1. The lowest BCUT2D eigenvalue weighted by Gasteiger charge is -2.10. The van der Waals surface area contributed by atoms with Gasteiger partial charge in [0.2, 0.25) is 0 Å². The summed E-state index contributed by atoms with van der Waals surface area (Å²) >= 11 is 0. The Balaban J connectivity index is 2.79. The number of amides is 2. The molecule has 19 heavy (non-hydrogen) atoms. The number of urea groups is 1. The number of carbonyl (C=O) groups excluding carboxylic acids is 1. The quantitative estimate of drug-likeness (QED) is 0.714. The van der Waals surface area contributed by atoms with Crippen LogP contribution in [0.4, 0.5) is 10.5 Å². The predicted octanol–water partition coefficient (Wildman–Crippen LogP) is 2.62. The summed E-state index contributed by atoms with van der Waals surface area (Å²) in [6.45, 7) is 4.46. The van der Waals surface area contributed by atoms with Crippen molar-refractivity contribution in [1.82, 2.24) is 5.32 Å². The van der Waals surface area contributed by atoms with Crippen molar-refractivity contribution in [3.8, 4) is 0 Å². The lowest BCUT2D eigenvalue weighted by atomic mass is 10.1. The van der Waals surface area contributed by atoms with Gasteiger partial charge in [0, 0.05) is 18.3 Å². The van der Waals surface area contributed by atoms with Crippen LogP contribution in [0.1, 0.15) is 24.5 Å². The zero-order chi connectivity index (χ0) is 14.3. The van der Waals surface area contributed by atoms with Gasteiger partial charge in [-0.05, 0) is 36.6 Å². The summed E-state index contributed by atoms with van der Waals surface area (Å²) < 4.78 is 0. The Morgan fingerprint density at radius 3 is 2.74 bits per heavy atom. The summed E-state index contributed by atoms with van der Waals surface area (Å²) in [5.41, 5.74) is 2.30. The van der Waals surface area contributed by atoms with Gasteiger partial charge < -0.3 is 15.7 Å². The molecule has 0 fully saturated rings. The fraction of sp³-hybridized carbons (Fsp3) is 0.286. The molecule has 5 heteroatoms. The number of aryl methyl sites for hydroxylation is 1. The maximum Gasteiger partial charge on any atom is 0.328 e. The monoisotopic (exact) mass is 262 g/mol. The summed E-state index contributed by atoms with van der Waals surface area (Å²) in [6.07, 6.45) is 3.41. The van der Waals surface area contributed by atoms with Crippen LogP contribution >= 0.6 is 0 Å². The fourth-order valence-electron chi connectivity index (χ4n) is 1.45. The molecular weight excluding hydrogens is 244 g/mol. The van der Waals surface area contributed by atoms with Crippen molar-refractivity contribution in [1.29, 1.82) is 0 Å². The molecule has 0 aliphatic heterocycles. The molecule has 0 aliphatic carbocycles. The molecule has 0 aromatic heterocycles. The van der Waals surface area contributed by atoms with E-state index in [-0.39, 0.29) is 6.03 Å². The number of benzene rings is 1. The second-order valence-electron chi connectivity index (χ2n) is 4.13. The Hall–Kier alpha value is -2.30. The van der Waals surface area contributed by atoms with E-state index in [0.717, 1.165) is 23.6 Å². The Morgan fingerprint density at radius 2 is 2.11 bits per heavy atom. The molecule has 0 aliphatic rings. The van der Waals surface area contributed by atoms with Crippen LogP contribution in [0.15, 0.2) is 24.3 Å². The molecule has 0 heterocycles. The molecule has 1 rings (SSSR count). The summed E-state index contributed by atoms with van der Waals surface area (Å²) in [7, 11) is 0. The highest BCUT2D eigenvalue weighted by atomic mass is 16.4. The molecule has 0 saturated heterocycles. The van der Waals surface area contributed by atoms with Gasteiger partial charge in [0.15, 0.2) is 0 Å². The molecule has 0 bridgehead atoms. The number of nitrogens with one attached hydrogen (secondary N) is 2. The third kappa shape index (κ3) is 5.25. The smallest absolute Gasteiger partial charge is 0.328 e. The van der Waals surface area contributed by atoms with Crippen molar-refractivity contribution >= 4 is 23.8 Å². The van der Waals surface area contributed by atoms with E-state index in [1.54, 1.807) is 12.1 Å². The minimum atomic E-state index is -1.00. The highest BCUT2D eigenvalue weighted by Crippen LogP contribution is 2.17. The Labute approximate surface area is 112 Å². The van der Waals surface area contributed by atoms with Crippen molar-refractivity contribution < 1.29 is 14.7 Å². The summed E-state index contributed by atoms with van der Waals surface area (Å²) in [4.78, 5) is 22.0. The number of hydrogen-bond donors (Lipinski definition) is 3. The summed E-state index contributed by atoms with van der Waals surface area (Å²) in [5, 5.41) is 14.0. The predicted molar refractivity (Wildman–Crippen MR) is 75.2 cm³/mol. The zero-order valence-corrected chi connectivity index (χ0v) is 11.1. The van der Waals surface area contributed by atoms with E-state index < -0.39 is 5.97 Å². The van der Waals surface area contributed by atoms with Crippen LogP contribution in [0.2, 0.25) is 0 Å². The van der Waals surface area contributed by atoms with Gasteiger partial charge in [-0.2, -0.15) is 0 Å². The molecule has 3 N–H and O–H groups in total.